The third kappa shape index (κ3) is 8.58. The second-order valence-corrected chi connectivity index (χ2v) is 12.6. The van der Waals surface area contributed by atoms with Crippen molar-refractivity contribution in [1.29, 1.82) is 0 Å². The highest BCUT2D eigenvalue weighted by Crippen LogP contribution is 2.37. The van der Waals surface area contributed by atoms with E-state index in [1.165, 1.54) is 13.1 Å². The maximum absolute atomic E-state index is 13.5. The minimum absolute atomic E-state index is 0.00109. The fourth-order valence-electron chi connectivity index (χ4n) is 3.90. The number of hydrogen-bond acceptors (Lipinski definition) is 8. The highest BCUT2D eigenvalue weighted by atomic mass is 32.2. The lowest BCUT2D eigenvalue weighted by Gasteiger charge is -2.25. The molecule has 0 spiro atoms. The first-order chi connectivity index (χ1) is 18.5. The molecule has 1 aliphatic carbocycles. The Hall–Kier alpha value is -3.33. The first kappa shape index (κ1) is 30.2. The molecule has 1 aliphatic rings. The summed E-state index contributed by atoms with van der Waals surface area (Å²) in [5, 5.41) is 19.2. The summed E-state index contributed by atoms with van der Waals surface area (Å²) in [5.41, 5.74) is 0.200. The lowest BCUT2D eigenvalue weighted by molar-refractivity contribution is 0.0738. The lowest BCUT2D eigenvalue weighted by Crippen LogP contribution is -2.50. The fraction of sp³-hybridized carbons (Fsp3) is 0.500. The summed E-state index contributed by atoms with van der Waals surface area (Å²) in [7, 11) is -2.26. The third-order valence-electron chi connectivity index (χ3n) is 6.73. The molecule has 1 aromatic heterocycles. The van der Waals surface area contributed by atoms with Crippen LogP contribution in [0.25, 0.3) is 0 Å². The van der Waals surface area contributed by atoms with Crippen LogP contribution in [0.1, 0.15) is 37.6 Å². The van der Waals surface area contributed by atoms with Crippen LogP contribution in [-0.2, 0) is 10.0 Å². The van der Waals surface area contributed by atoms with E-state index in [1.807, 2.05) is 18.2 Å². The van der Waals surface area contributed by atoms with Gasteiger partial charge in [0, 0.05) is 25.7 Å². The summed E-state index contributed by atoms with van der Waals surface area (Å²) >= 11 is 0. The predicted molar refractivity (Wildman–Crippen MR) is 153 cm³/mol. The number of pyridine rings is 1. The number of sulfonamides is 1. The van der Waals surface area contributed by atoms with Gasteiger partial charge >= 0.3 is 0 Å². The van der Waals surface area contributed by atoms with Crippen LogP contribution in [-0.4, -0.2) is 75.1 Å². The molecule has 0 radical (unpaired) electrons. The summed E-state index contributed by atoms with van der Waals surface area (Å²) < 4.78 is 32.6. The second-order valence-electron chi connectivity index (χ2n) is 10.1. The van der Waals surface area contributed by atoms with Crippen LogP contribution in [0.5, 0.6) is 5.75 Å². The van der Waals surface area contributed by atoms with Gasteiger partial charge in [0.1, 0.15) is 24.0 Å². The van der Waals surface area contributed by atoms with E-state index in [-0.39, 0.29) is 31.1 Å². The van der Waals surface area contributed by atoms with E-state index in [0.717, 1.165) is 10.7 Å². The summed E-state index contributed by atoms with van der Waals surface area (Å²) in [6.07, 6.45) is 5.39. The van der Waals surface area contributed by atoms with Gasteiger partial charge in [-0.25, -0.2) is 13.4 Å². The van der Waals surface area contributed by atoms with E-state index >= 15 is 0 Å². The summed E-state index contributed by atoms with van der Waals surface area (Å²) in [6.45, 7) is 6.41. The Balaban J connectivity index is 1.85. The average molecular weight is 558 g/mol. The molecule has 0 unspecified atom stereocenters. The van der Waals surface area contributed by atoms with Crippen molar-refractivity contribution in [2.75, 3.05) is 42.9 Å². The molecule has 0 bridgehead atoms. The topological polar surface area (TPSA) is 133 Å². The van der Waals surface area contributed by atoms with Gasteiger partial charge in [0.2, 0.25) is 10.0 Å². The largest absolute Gasteiger partial charge is 0.491 e. The zero-order chi connectivity index (χ0) is 28.6. The zero-order valence-electron chi connectivity index (χ0n) is 22.9. The van der Waals surface area contributed by atoms with E-state index < -0.39 is 33.3 Å². The lowest BCUT2D eigenvalue weighted by atomic mass is 10.1. The predicted octanol–water partition coefficient (Wildman–Crippen LogP) is 2.08. The van der Waals surface area contributed by atoms with Gasteiger partial charge in [0.05, 0.1) is 23.9 Å². The van der Waals surface area contributed by atoms with E-state index in [9.17, 15) is 18.3 Å². The molecule has 2 aromatic rings. The van der Waals surface area contributed by atoms with Crippen molar-refractivity contribution in [3.05, 3.63) is 48.0 Å². The van der Waals surface area contributed by atoms with Crippen LogP contribution in [0.4, 0.5) is 11.6 Å². The van der Waals surface area contributed by atoms with Gasteiger partial charge < -0.3 is 25.8 Å². The molecule has 39 heavy (non-hydrogen) atoms. The number of nitrogens with one attached hydrogen (secondary N) is 3. The van der Waals surface area contributed by atoms with Crippen LogP contribution in [0, 0.1) is 24.2 Å². The van der Waals surface area contributed by atoms with Crippen molar-refractivity contribution in [3.63, 3.8) is 0 Å². The molecule has 4 N–H and O–H groups in total. The van der Waals surface area contributed by atoms with Gasteiger partial charge in [0.15, 0.2) is 0 Å². The number of ether oxygens (including phenoxy) is 1. The van der Waals surface area contributed by atoms with Gasteiger partial charge in [-0.1, -0.05) is 31.0 Å². The van der Waals surface area contributed by atoms with Crippen LogP contribution in [0.15, 0.2) is 42.5 Å². The van der Waals surface area contributed by atoms with Crippen molar-refractivity contribution in [2.24, 2.45) is 11.8 Å². The summed E-state index contributed by atoms with van der Waals surface area (Å²) in [6, 6.07) is 11.3. The van der Waals surface area contributed by atoms with Crippen molar-refractivity contribution < 1.29 is 23.1 Å². The normalized spacial score (nSPS) is 18.1. The maximum atomic E-state index is 13.5. The maximum Gasteiger partial charge on any atom is 0.251 e. The first-order valence-corrected chi connectivity index (χ1v) is 14.6. The monoisotopic (exact) mass is 557 g/mol. The molecular formula is C28H39N5O5S. The van der Waals surface area contributed by atoms with Crippen LogP contribution < -0.4 is 25.0 Å². The van der Waals surface area contributed by atoms with E-state index in [0.29, 0.717) is 29.9 Å². The van der Waals surface area contributed by atoms with Crippen LogP contribution >= 0.6 is 0 Å². The molecule has 3 rings (SSSR count). The Morgan fingerprint density at radius 2 is 1.97 bits per heavy atom. The van der Waals surface area contributed by atoms with Crippen molar-refractivity contribution in [1.82, 2.24) is 15.6 Å². The Morgan fingerprint density at radius 3 is 2.59 bits per heavy atom. The van der Waals surface area contributed by atoms with Gasteiger partial charge in [-0.3, -0.25) is 9.10 Å². The number of amides is 1. The number of terminal acetylenes is 1. The summed E-state index contributed by atoms with van der Waals surface area (Å²) in [4.78, 5) is 17.9. The summed E-state index contributed by atoms with van der Waals surface area (Å²) in [5.74, 6) is 4.18. The minimum atomic E-state index is -3.68. The van der Waals surface area contributed by atoms with E-state index in [2.05, 4.69) is 33.8 Å². The minimum Gasteiger partial charge on any atom is -0.491 e. The Kier molecular flexibility index (Phi) is 10.6. The highest BCUT2D eigenvalue weighted by molar-refractivity contribution is 7.93. The quantitative estimate of drug-likeness (QED) is 0.193. The van der Waals surface area contributed by atoms with Crippen molar-refractivity contribution in [3.8, 4) is 18.1 Å². The van der Waals surface area contributed by atoms with Gasteiger partial charge in [-0.2, -0.15) is 0 Å². The molecule has 4 atom stereocenters. The molecule has 10 nitrogen and oxygen atoms in total. The zero-order valence-corrected chi connectivity index (χ0v) is 23.7. The molecule has 1 saturated carbocycles. The number of hydrogen-bond donors (Lipinski definition) is 4. The Morgan fingerprint density at radius 1 is 1.28 bits per heavy atom. The van der Waals surface area contributed by atoms with Crippen LogP contribution in [0.3, 0.4) is 0 Å². The standard InChI is InChI=1S/C28H39N5O5S/c1-6-12-29-17-25(34)24(18-38-23-10-8-7-9-11-23)31-28(35)21-14-26(30-16-22-13-20(22)4)32-27(15-21)33(5)39(36,37)19(2)3/h1,7-11,14-15,19-20,22,24-25,29,34H,12-13,16-18H2,2-5H3,(H,30,32)(H,31,35)/t20-,22+,24-,25+/m0/s1. The fourth-order valence-corrected chi connectivity index (χ4v) is 4.89. The molecule has 0 aliphatic heterocycles. The van der Waals surface area contributed by atoms with Gasteiger partial charge in [0.25, 0.3) is 5.91 Å². The average Bonchev–Trinajstić information content (AvgIpc) is 3.64. The molecular weight excluding hydrogens is 518 g/mol. The number of carbonyl (C=O) groups is 1. The number of aromatic nitrogens is 1. The molecule has 1 heterocycles. The SMILES string of the molecule is C#CCNC[C@@H](O)[C@H](COc1ccccc1)NC(=O)c1cc(NC[C@H]2C[C@@H]2C)nc(N(C)S(=O)(=O)C(C)C)c1. The van der Waals surface area contributed by atoms with Crippen molar-refractivity contribution in [2.45, 2.75) is 44.6 Å². The number of nitrogens with zero attached hydrogens (tertiary/aromatic N) is 2. The van der Waals surface area contributed by atoms with Crippen LogP contribution in [0.2, 0.25) is 0 Å². The number of anilines is 2. The molecule has 0 saturated heterocycles. The second kappa shape index (κ2) is 13.6. The molecule has 212 valence electrons. The third-order valence-corrected chi connectivity index (χ3v) is 8.87. The van der Waals surface area contributed by atoms with E-state index in [1.54, 1.807) is 32.0 Å². The van der Waals surface area contributed by atoms with Gasteiger partial charge in [-0.05, 0) is 56.4 Å². The van der Waals surface area contributed by atoms with E-state index in [4.69, 9.17) is 11.2 Å². The molecule has 11 heteroatoms. The first-order valence-electron chi connectivity index (χ1n) is 13.1. The Labute approximate surface area is 231 Å². The number of aliphatic hydroxyl groups is 1. The van der Waals surface area contributed by atoms with Gasteiger partial charge in [-0.15, -0.1) is 6.42 Å². The highest BCUT2D eigenvalue weighted by Gasteiger charge is 2.32. The molecule has 1 aromatic carbocycles. The Bertz CT molecular complexity index is 1250. The van der Waals surface area contributed by atoms with Crippen molar-refractivity contribution >= 4 is 27.6 Å². The number of rotatable bonds is 15. The number of carbonyl (C=O) groups excluding carboxylic acids is 1. The number of aliphatic hydroxyl groups excluding tert-OH is 1. The molecule has 1 amide bonds. The molecule has 1 fully saturated rings. The number of benzene rings is 1. The smallest absolute Gasteiger partial charge is 0.251 e. The number of para-hydroxylation sites is 1.